The predicted molar refractivity (Wildman–Crippen MR) is 110 cm³/mol. The molecule has 1 saturated heterocycles. The molecule has 2 rings (SSSR count). The number of carboxylic acid groups (broad SMARTS) is 1. The van der Waals surface area contributed by atoms with Crippen molar-refractivity contribution in [3.8, 4) is 0 Å². The fourth-order valence-corrected chi connectivity index (χ4v) is 4.06. The van der Waals surface area contributed by atoms with Gasteiger partial charge in [0, 0.05) is 19.0 Å². The van der Waals surface area contributed by atoms with Crippen LogP contribution in [-0.2, 0) is 11.2 Å². The second kappa shape index (κ2) is 11.5. The number of hydrogen-bond acceptors (Lipinski definition) is 3. The van der Waals surface area contributed by atoms with Crippen LogP contribution in [0.15, 0.2) is 36.4 Å². The van der Waals surface area contributed by atoms with E-state index in [1.54, 1.807) is 0 Å². The summed E-state index contributed by atoms with van der Waals surface area (Å²) in [5.74, 6) is -0.740. The summed E-state index contributed by atoms with van der Waals surface area (Å²) in [4.78, 5) is 12.9. The summed E-state index contributed by atoms with van der Waals surface area (Å²) in [6.45, 7) is 3.90. The number of rotatable bonds is 11. The number of aliphatic carboxylic acids is 1. The van der Waals surface area contributed by atoms with E-state index in [9.17, 15) is 9.90 Å². The number of allylic oxidation sites excluding steroid dienone is 1. The van der Waals surface area contributed by atoms with Gasteiger partial charge < -0.3 is 10.2 Å². The maximum atomic E-state index is 10.5. The van der Waals surface area contributed by atoms with E-state index in [-0.39, 0.29) is 17.9 Å². The quantitative estimate of drug-likeness (QED) is 0.336. The fraction of sp³-hybridized carbons (Fsp3) is 0.591. The van der Waals surface area contributed by atoms with Crippen molar-refractivity contribution >= 4 is 17.6 Å². The summed E-state index contributed by atoms with van der Waals surface area (Å²) in [5.41, 5.74) is 2.40. The molecule has 1 heterocycles. The maximum absolute atomic E-state index is 10.5. The molecule has 150 valence electrons. The zero-order valence-corrected chi connectivity index (χ0v) is 16.9. The van der Waals surface area contributed by atoms with E-state index in [1.165, 1.54) is 11.1 Å². The van der Waals surface area contributed by atoms with E-state index in [1.807, 2.05) is 6.07 Å². The number of aliphatic hydroxyl groups is 1. The number of aliphatic hydroxyl groups excluding tert-OH is 1. The Morgan fingerprint density at radius 1 is 1.41 bits per heavy atom. The molecule has 0 amide bonds. The van der Waals surface area contributed by atoms with Gasteiger partial charge in [-0.15, -0.1) is 11.6 Å². The highest BCUT2D eigenvalue weighted by Crippen LogP contribution is 2.26. The Labute approximate surface area is 167 Å². The minimum Gasteiger partial charge on any atom is -0.481 e. The van der Waals surface area contributed by atoms with E-state index in [4.69, 9.17) is 16.7 Å². The molecule has 1 aliphatic rings. The Bertz CT molecular complexity index is 619. The van der Waals surface area contributed by atoms with Crippen molar-refractivity contribution in [3.63, 3.8) is 0 Å². The van der Waals surface area contributed by atoms with Crippen molar-refractivity contribution in [2.45, 2.75) is 69.4 Å². The second-order valence-electron chi connectivity index (χ2n) is 7.54. The molecule has 3 atom stereocenters. The van der Waals surface area contributed by atoms with Gasteiger partial charge in [0.05, 0.1) is 11.5 Å². The summed E-state index contributed by atoms with van der Waals surface area (Å²) in [6.07, 6.45) is 8.84. The molecule has 1 aromatic carbocycles. The average Bonchev–Trinajstić information content (AvgIpc) is 2.96. The van der Waals surface area contributed by atoms with Crippen LogP contribution in [0.1, 0.15) is 49.7 Å². The molecule has 5 heteroatoms. The molecule has 0 saturated carbocycles. The zero-order chi connectivity index (χ0) is 19.6. The van der Waals surface area contributed by atoms with Gasteiger partial charge >= 0.3 is 5.97 Å². The van der Waals surface area contributed by atoms with E-state index < -0.39 is 5.97 Å². The smallest absolute Gasteiger partial charge is 0.303 e. The van der Waals surface area contributed by atoms with Gasteiger partial charge in [0.2, 0.25) is 0 Å². The molecular formula is C22H32ClNO3. The van der Waals surface area contributed by atoms with Crippen molar-refractivity contribution in [3.05, 3.63) is 47.5 Å². The molecule has 27 heavy (non-hydrogen) atoms. The van der Waals surface area contributed by atoms with Gasteiger partial charge in [-0.1, -0.05) is 42.0 Å². The Hall–Kier alpha value is -1.36. The first-order chi connectivity index (χ1) is 13.0. The van der Waals surface area contributed by atoms with Gasteiger partial charge in [-0.25, -0.2) is 0 Å². The van der Waals surface area contributed by atoms with Crippen LogP contribution in [0.4, 0.5) is 0 Å². The monoisotopic (exact) mass is 393 g/mol. The first-order valence-corrected chi connectivity index (χ1v) is 10.4. The molecule has 0 aromatic heterocycles. The van der Waals surface area contributed by atoms with Crippen LogP contribution in [0.2, 0.25) is 0 Å². The van der Waals surface area contributed by atoms with Crippen LogP contribution in [-0.4, -0.2) is 51.7 Å². The van der Waals surface area contributed by atoms with Crippen LogP contribution in [0.25, 0.3) is 0 Å². The highest BCUT2D eigenvalue weighted by Gasteiger charge is 2.31. The highest BCUT2D eigenvalue weighted by atomic mass is 35.5. The molecule has 1 aromatic rings. The number of likely N-dealkylation sites (tertiary alicyclic amines) is 1. The second-order valence-corrected chi connectivity index (χ2v) is 8.10. The van der Waals surface area contributed by atoms with Gasteiger partial charge in [-0.3, -0.25) is 9.69 Å². The zero-order valence-electron chi connectivity index (χ0n) is 16.2. The SMILES string of the molecule is Cc1cccc(CC(O)CCN2CC[C@@H](Cl)[C@@H]2C/C=C\CCCC(=O)O)c1. The minimum atomic E-state index is -0.740. The number of carboxylic acids is 1. The molecule has 1 fully saturated rings. The molecule has 4 nitrogen and oxygen atoms in total. The number of halogens is 1. The van der Waals surface area contributed by atoms with Crippen LogP contribution in [0, 0.1) is 6.92 Å². The normalized spacial score (nSPS) is 21.7. The lowest BCUT2D eigenvalue weighted by molar-refractivity contribution is -0.137. The summed E-state index contributed by atoms with van der Waals surface area (Å²) in [6, 6.07) is 8.61. The molecule has 2 N–H and O–H groups in total. The summed E-state index contributed by atoms with van der Waals surface area (Å²) in [7, 11) is 0. The van der Waals surface area contributed by atoms with E-state index >= 15 is 0 Å². The third kappa shape index (κ3) is 8.04. The van der Waals surface area contributed by atoms with E-state index in [0.717, 1.165) is 38.8 Å². The van der Waals surface area contributed by atoms with Gasteiger partial charge in [0.1, 0.15) is 0 Å². The lowest BCUT2D eigenvalue weighted by Gasteiger charge is -2.26. The number of hydrogen-bond donors (Lipinski definition) is 2. The maximum Gasteiger partial charge on any atom is 0.303 e. The minimum absolute atomic E-state index is 0.141. The van der Waals surface area contributed by atoms with Crippen LogP contribution >= 0.6 is 11.6 Å². The van der Waals surface area contributed by atoms with Crippen molar-refractivity contribution in [2.24, 2.45) is 0 Å². The summed E-state index contributed by atoms with van der Waals surface area (Å²) in [5, 5.41) is 19.2. The van der Waals surface area contributed by atoms with Gasteiger partial charge in [0.25, 0.3) is 0 Å². The average molecular weight is 394 g/mol. The Kier molecular flexibility index (Phi) is 9.32. The number of aryl methyl sites for hydroxylation is 1. The summed E-state index contributed by atoms with van der Waals surface area (Å²) < 4.78 is 0. The molecule has 0 radical (unpaired) electrons. The first-order valence-electron chi connectivity index (χ1n) is 9.94. The van der Waals surface area contributed by atoms with Crippen LogP contribution in [0.5, 0.6) is 0 Å². The fourth-order valence-electron chi connectivity index (χ4n) is 3.70. The molecule has 1 aliphatic heterocycles. The lowest BCUT2D eigenvalue weighted by Crippen LogP contribution is -2.35. The molecule has 0 spiro atoms. The number of carbonyl (C=O) groups is 1. The summed E-state index contributed by atoms with van der Waals surface area (Å²) >= 11 is 6.50. The third-order valence-corrected chi connectivity index (χ3v) is 5.70. The number of unbranched alkanes of at least 4 members (excludes halogenated alkanes) is 1. The molecule has 1 unspecified atom stereocenters. The Morgan fingerprint density at radius 3 is 2.96 bits per heavy atom. The van der Waals surface area contributed by atoms with Crippen LogP contribution < -0.4 is 0 Å². The number of alkyl halides is 1. The standard InChI is InChI=1S/C22H32ClNO3/c1-17-7-6-8-18(15-17)16-19(25)11-13-24-14-12-20(23)21(24)9-4-2-3-5-10-22(26)27/h2,4,6-8,15,19-21,25H,3,5,9-14,16H2,1H3,(H,26,27)/b4-2-/t19?,20-,21+/m1/s1. The van der Waals surface area contributed by atoms with Crippen molar-refractivity contribution < 1.29 is 15.0 Å². The Morgan fingerprint density at radius 2 is 2.22 bits per heavy atom. The lowest BCUT2D eigenvalue weighted by atomic mass is 10.0. The first kappa shape index (κ1) is 21.9. The molecule has 0 aliphatic carbocycles. The topological polar surface area (TPSA) is 60.8 Å². The number of nitrogens with zero attached hydrogens (tertiary/aromatic N) is 1. The van der Waals surface area contributed by atoms with Gasteiger partial charge in [0.15, 0.2) is 0 Å². The van der Waals surface area contributed by atoms with Gasteiger partial charge in [-0.05, 0) is 57.6 Å². The third-order valence-electron chi connectivity index (χ3n) is 5.19. The van der Waals surface area contributed by atoms with Crippen molar-refractivity contribution in [2.75, 3.05) is 13.1 Å². The molecule has 0 bridgehead atoms. The molecular weight excluding hydrogens is 362 g/mol. The van der Waals surface area contributed by atoms with E-state index in [0.29, 0.717) is 18.9 Å². The van der Waals surface area contributed by atoms with Crippen molar-refractivity contribution in [1.82, 2.24) is 4.90 Å². The number of benzene rings is 1. The van der Waals surface area contributed by atoms with Crippen molar-refractivity contribution in [1.29, 1.82) is 0 Å². The Balaban J connectivity index is 1.73. The highest BCUT2D eigenvalue weighted by molar-refractivity contribution is 6.21. The van der Waals surface area contributed by atoms with Gasteiger partial charge in [-0.2, -0.15) is 0 Å². The van der Waals surface area contributed by atoms with E-state index in [2.05, 4.69) is 42.2 Å². The van der Waals surface area contributed by atoms with Crippen LogP contribution in [0.3, 0.4) is 0 Å². The predicted octanol–water partition coefficient (Wildman–Crippen LogP) is 4.17. The largest absolute Gasteiger partial charge is 0.481 e.